The summed E-state index contributed by atoms with van der Waals surface area (Å²) >= 11 is 0. The summed E-state index contributed by atoms with van der Waals surface area (Å²) in [6.45, 7) is 4.74. The Bertz CT molecular complexity index is 1860. The lowest BCUT2D eigenvalue weighted by molar-refractivity contribution is -0.870. The monoisotopic (exact) mass is 1180 g/mol. The number of hydrogen-bond donors (Lipinski definition) is 1. The van der Waals surface area contributed by atoms with Crippen molar-refractivity contribution in [3.63, 3.8) is 0 Å². The predicted octanol–water partition coefficient (Wildman–Crippen LogP) is 21.4. The summed E-state index contributed by atoms with van der Waals surface area (Å²) < 4.78 is 23.0. The minimum atomic E-state index is -1.52. The average molecular weight is 1180 g/mol. The molecule has 484 valence electrons. The van der Waals surface area contributed by atoms with Crippen LogP contribution in [0.2, 0.25) is 0 Å². The van der Waals surface area contributed by atoms with E-state index in [9.17, 15) is 19.5 Å². The van der Waals surface area contributed by atoms with Gasteiger partial charge in [-0.15, -0.1) is 0 Å². The fraction of sp³-hybridized carbons (Fsp3) is 0.671. The number of aliphatic carboxylic acids is 1. The van der Waals surface area contributed by atoms with Crippen molar-refractivity contribution in [2.45, 2.75) is 283 Å². The zero-order valence-electron chi connectivity index (χ0n) is 55.2. The van der Waals surface area contributed by atoms with Crippen molar-refractivity contribution < 1.29 is 42.9 Å². The smallest absolute Gasteiger partial charge is 0.361 e. The van der Waals surface area contributed by atoms with Crippen LogP contribution in [-0.2, 0) is 33.3 Å². The maximum Gasteiger partial charge on any atom is 0.361 e. The first-order valence-electron chi connectivity index (χ1n) is 34.3. The lowest BCUT2D eigenvalue weighted by Crippen LogP contribution is -2.40. The third-order valence-electron chi connectivity index (χ3n) is 14.4. The van der Waals surface area contributed by atoms with Crippen molar-refractivity contribution in [3.05, 3.63) is 134 Å². The fourth-order valence-corrected chi connectivity index (χ4v) is 9.15. The topological polar surface area (TPSA) is 108 Å². The van der Waals surface area contributed by atoms with E-state index >= 15 is 0 Å². The minimum absolute atomic E-state index is 0.179. The van der Waals surface area contributed by atoms with E-state index in [4.69, 9.17) is 18.9 Å². The number of carbonyl (C=O) groups is 3. The molecular formula is C76H128NO8+. The normalized spacial score (nSPS) is 13.6. The van der Waals surface area contributed by atoms with Crippen LogP contribution in [0.1, 0.15) is 271 Å². The highest BCUT2D eigenvalue weighted by molar-refractivity contribution is 5.71. The van der Waals surface area contributed by atoms with Gasteiger partial charge in [-0.3, -0.25) is 9.59 Å². The first-order chi connectivity index (χ1) is 41.6. The van der Waals surface area contributed by atoms with Gasteiger partial charge in [0.2, 0.25) is 0 Å². The predicted molar refractivity (Wildman–Crippen MR) is 364 cm³/mol. The molecule has 0 saturated carbocycles. The van der Waals surface area contributed by atoms with Gasteiger partial charge in [-0.05, 0) is 116 Å². The number of carbonyl (C=O) groups excluding carboxylic acids is 2. The molecular weight excluding hydrogens is 1050 g/mol. The molecule has 0 aromatic rings. The Morgan fingerprint density at radius 3 is 1.00 bits per heavy atom. The fourth-order valence-electron chi connectivity index (χ4n) is 9.15. The Morgan fingerprint density at radius 2 is 0.671 bits per heavy atom. The van der Waals surface area contributed by atoms with E-state index in [0.717, 1.165) is 109 Å². The maximum absolute atomic E-state index is 12.9. The van der Waals surface area contributed by atoms with Gasteiger partial charge in [0.1, 0.15) is 13.2 Å². The van der Waals surface area contributed by atoms with E-state index in [1.54, 1.807) is 0 Å². The van der Waals surface area contributed by atoms with Gasteiger partial charge in [-0.2, -0.15) is 0 Å². The van der Waals surface area contributed by atoms with Crippen molar-refractivity contribution in [2.24, 2.45) is 0 Å². The van der Waals surface area contributed by atoms with Gasteiger partial charge < -0.3 is 28.5 Å². The summed E-state index contributed by atoms with van der Waals surface area (Å²) in [6, 6.07) is 0. The summed E-state index contributed by atoms with van der Waals surface area (Å²) in [4.78, 5) is 37.6. The number of rotatable bonds is 62. The number of unbranched alkanes of at least 4 members (excludes halogenated alkanes) is 25. The highest BCUT2D eigenvalue weighted by Crippen LogP contribution is 2.16. The van der Waals surface area contributed by atoms with Crippen molar-refractivity contribution in [1.82, 2.24) is 0 Å². The van der Waals surface area contributed by atoms with Crippen LogP contribution >= 0.6 is 0 Å². The Labute approximate surface area is 522 Å². The molecule has 9 nitrogen and oxygen atoms in total. The SMILES string of the molecule is CC/C=C\C/C=C\C/C=C\C/C=C\C/C=C\C/C=C\C/C=C\C/C=C\C/C=C\CCCCCCCCCC(=O)OC(COC(=O)CCCCCCCCCCCCCCC/C=C\C/C=C\CCCCCCC)COC(OCC[N+](C)(C)C)C(=O)O. The molecule has 9 heteroatoms. The summed E-state index contributed by atoms with van der Waals surface area (Å²) in [5.74, 6) is -2.03. The van der Waals surface area contributed by atoms with Crippen molar-refractivity contribution in [1.29, 1.82) is 0 Å². The second kappa shape index (κ2) is 65.4. The molecule has 0 amide bonds. The summed E-state index contributed by atoms with van der Waals surface area (Å²) in [7, 11) is 5.97. The first kappa shape index (κ1) is 80.4. The van der Waals surface area contributed by atoms with Crippen LogP contribution in [0, 0.1) is 0 Å². The highest BCUT2D eigenvalue weighted by Gasteiger charge is 2.25. The lowest BCUT2D eigenvalue weighted by Gasteiger charge is -2.25. The van der Waals surface area contributed by atoms with Crippen LogP contribution in [-0.4, -0.2) is 87.4 Å². The van der Waals surface area contributed by atoms with E-state index in [1.165, 1.54) is 128 Å². The summed E-state index contributed by atoms with van der Waals surface area (Å²) in [6.07, 6.45) is 91.2. The van der Waals surface area contributed by atoms with Gasteiger partial charge in [-0.25, -0.2) is 4.79 Å². The van der Waals surface area contributed by atoms with Gasteiger partial charge in [0.05, 0.1) is 34.4 Å². The number of nitrogens with zero attached hydrogens (tertiary/aromatic N) is 1. The average Bonchev–Trinajstić information content (AvgIpc) is 3.48. The van der Waals surface area contributed by atoms with Crippen LogP contribution in [0.15, 0.2) is 134 Å². The number of quaternary nitrogens is 1. The van der Waals surface area contributed by atoms with Crippen LogP contribution in [0.5, 0.6) is 0 Å². The Hall–Kier alpha value is -4.57. The molecule has 0 aromatic carbocycles. The van der Waals surface area contributed by atoms with Gasteiger partial charge in [0.25, 0.3) is 6.29 Å². The van der Waals surface area contributed by atoms with Crippen LogP contribution in [0.3, 0.4) is 0 Å². The summed E-state index contributed by atoms with van der Waals surface area (Å²) in [5, 5.41) is 9.74. The molecule has 0 aliphatic carbocycles. The molecule has 2 atom stereocenters. The van der Waals surface area contributed by atoms with E-state index < -0.39 is 24.3 Å². The molecule has 0 aliphatic rings. The molecule has 0 radical (unpaired) electrons. The largest absolute Gasteiger partial charge is 0.477 e. The molecule has 2 unspecified atom stereocenters. The van der Waals surface area contributed by atoms with Crippen molar-refractivity contribution >= 4 is 17.9 Å². The molecule has 0 aromatic heterocycles. The van der Waals surface area contributed by atoms with Gasteiger partial charge in [0.15, 0.2) is 6.10 Å². The Balaban J connectivity index is 4.21. The lowest BCUT2D eigenvalue weighted by atomic mass is 10.0. The maximum atomic E-state index is 12.9. The van der Waals surface area contributed by atoms with E-state index in [0.29, 0.717) is 23.9 Å². The molecule has 0 heterocycles. The molecule has 0 fully saturated rings. The van der Waals surface area contributed by atoms with Crippen LogP contribution in [0.4, 0.5) is 0 Å². The standard InChI is InChI=1S/C76H127NO8/c1-6-8-10-12-14-16-18-20-22-24-26-28-30-32-33-34-35-36-37-38-39-40-41-43-45-47-49-51-53-55-57-59-61-63-65-67-74(79)85-72(71-84-76(75(80)81)82-69-68-77(3,4)5)70-83-73(78)66-64-62-60-58-56-54-52-50-48-46-44-42-31-29-27-25-23-21-19-17-15-13-11-9-7-2/h8,10,14,16,19-22,25-28,32-33,35-36,38-39,41,43,47,49,72,76H,6-7,9,11-13,15,17-18,23-24,29-31,34,37,40,42,44-46,48,50-71H2,1-5H3/p+1/b10-8-,16-14-,21-19-,22-20-,27-25-,28-26-,33-32-,36-35-,39-38-,43-41-,49-47-. The molecule has 0 rings (SSSR count). The number of carboxylic acid groups (broad SMARTS) is 1. The molecule has 0 bridgehead atoms. The summed E-state index contributed by atoms with van der Waals surface area (Å²) in [5.41, 5.74) is 0. The van der Waals surface area contributed by atoms with Gasteiger partial charge >= 0.3 is 17.9 Å². The number of ether oxygens (including phenoxy) is 4. The zero-order valence-corrected chi connectivity index (χ0v) is 55.2. The van der Waals surface area contributed by atoms with E-state index in [1.807, 2.05) is 21.1 Å². The zero-order chi connectivity index (χ0) is 61.9. The molecule has 85 heavy (non-hydrogen) atoms. The quantitative estimate of drug-likeness (QED) is 0.0211. The number of hydrogen-bond acceptors (Lipinski definition) is 7. The molecule has 0 saturated heterocycles. The first-order valence-corrected chi connectivity index (χ1v) is 34.3. The second-order valence-corrected chi connectivity index (χ2v) is 23.7. The third-order valence-corrected chi connectivity index (χ3v) is 14.4. The second-order valence-electron chi connectivity index (χ2n) is 23.7. The van der Waals surface area contributed by atoms with Gasteiger partial charge in [-0.1, -0.05) is 276 Å². The number of carboxylic acids is 1. The molecule has 0 aliphatic heterocycles. The van der Waals surface area contributed by atoms with E-state index in [-0.39, 0.29) is 32.2 Å². The van der Waals surface area contributed by atoms with Gasteiger partial charge in [0, 0.05) is 12.8 Å². The molecule has 1 N–H and O–H groups in total. The number of allylic oxidation sites excluding steroid dienone is 22. The minimum Gasteiger partial charge on any atom is -0.477 e. The van der Waals surface area contributed by atoms with Crippen LogP contribution in [0.25, 0.3) is 0 Å². The Morgan fingerprint density at radius 1 is 0.365 bits per heavy atom. The number of likely N-dealkylation sites (N-methyl/N-ethyl adjacent to an activating group) is 1. The van der Waals surface area contributed by atoms with Crippen molar-refractivity contribution in [3.8, 4) is 0 Å². The Kier molecular flexibility index (Phi) is 61.9. The third kappa shape index (κ3) is 66.8. The van der Waals surface area contributed by atoms with E-state index in [2.05, 4.69) is 148 Å². The highest BCUT2D eigenvalue weighted by atomic mass is 16.7. The van der Waals surface area contributed by atoms with Crippen LogP contribution < -0.4 is 0 Å². The van der Waals surface area contributed by atoms with Crippen molar-refractivity contribution in [2.75, 3.05) is 47.5 Å². The molecule has 0 spiro atoms. The number of esters is 2.